The first-order chi connectivity index (χ1) is 15.2. The molecule has 1 heterocycles. The molecule has 0 aliphatic carbocycles. The van der Waals surface area contributed by atoms with E-state index in [0.717, 1.165) is 11.3 Å². The number of carbonyl (C=O) groups is 2. The van der Waals surface area contributed by atoms with E-state index in [-0.39, 0.29) is 22.4 Å². The van der Waals surface area contributed by atoms with E-state index in [1.54, 1.807) is 18.3 Å². The molecule has 2 amide bonds. The number of carbonyl (C=O) groups excluding carboxylic acids is 2. The quantitative estimate of drug-likeness (QED) is 0.474. The molecule has 0 radical (unpaired) electrons. The second kappa shape index (κ2) is 10.6. The third kappa shape index (κ3) is 6.28. The summed E-state index contributed by atoms with van der Waals surface area (Å²) >= 11 is 12.1. The fraction of sp³-hybridized carbons (Fsp3) is 0.250. The number of nitrogens with one attached hydrogen (secondary N) is 2. The maximum atomic E-state index is 13.1. The Morgan fingerprint density at radius 3 is 2.53 bits per heavy atom. The van der Waals surface area contributed by atoms with Gasteiger partial charge in [0.05, 0.1) is 16.3 Å². The number of halogens is 2. The van der Waals surface area contributed by atoms with Gasteiger partial charge in [-0.3, -0.25) is 9.59 Å². The molecule has 0 spiro atoms. The predicted octanol–water partition coefficient (Wildman–Crippen LogP) is 5.54. The van der Waals surface area contributed by atoms with Gasteiger partial charge in [-0.05, 0) is 55.7 Å². The highest BCUT2D eigenvalue weighted by Gasteiger charge is 2.24. The van der Waals surface area contributed by atoms with E-state index in [1.807, 2.05) is 45.0 Å². The van der Waals surface area contributed by atoms with Gasteiger partial charge in [-0.2, -0.15) is 0 Å². The summed E-state index contributed by atoms with van der Waals surface area (Å²) in [6.45, 7) is 5.79. The Labute approximate surface area is 197 Å². The topological polar surface area (TPSA) is 84.0 Å². The van der Waals surface area contributed by atoms with Gasteiger partial charge in [0.2, 0.25) is 5.91 Å². The first-order valence-electron chi connectivity index (χ1n) is 10.2. The van der Waals surface area contributed by atoms with E-state index in [9.17, 15) is 9.59 Å². The smallest absolute Gasteiger partial charge is 0.253 e. The van der Waals surface area contributed by atoms with Crippen LogP contribution in [0.4, 0.5) is 5.69 Å². The van der Waals surface area contributed by atoms with E-state index >= 15 is 0 Å². The molecular formula is C24H24Cl2N4O2. The van der Waals surface area contributed by atoms with Crippen molar-refractivity contribution in [1.29, 1.82) is 0 Å². The molecular weight excluding hydrogens is 447 g/mol. The highest BCUT2D eigenvalue weighted by Crippen LogP contribution is 2.23. The maximum Gasteiger partial charge on any atom is 0.253 e. The zero-order valence-electron chi connectivity index (χ0n) is 18.0. The van der Waals surface area contributed by atoms with Crippen LogP contribution in [0.25, 0.3) is 11.3 Å². The summed E-state index contributed by atoms with van der Waals surface area (Å²) in [6, 6.07) is 13.1. The summed E-state index contributed by atoms with van der Waals surface area (Å²) < 4.78 is 0. The van der Waals surface area contributed by atoms with E-state index < -0.39 is 11.9 Å². The van der Waals surface area contributed by atoms with Gasteiger partial charge in [0.1, 0.15) is 11.9 Å². The Morgan fingerprint density at radius 2 is 1.84 bits per heavy atom. The lowest BCUT2D eigenvalue weighted by atomic mass is 10.0. The lowest BCUT2D eigenvalue weighted by Gasteiger charge is -2.21. The Balaban J connectivity index is 1.78. The molecule has 0 aliphatic rings. The molecule has 1 unspecified atom stereocenters. The summed E-state index contributed by atoms with van der Waals surface area (Å²) in [5.74, 6) is 0.102. The van der Waals surface area contributed by atoms with Crippen molar-refractivity contribution in [2.45, 2.75) is 33.2 Å². The normalized spacial score (nSPS) is 11.8. The molecule has 2 N–H and O–H groups in total. The van der Waals surface area contributed by atoms with Crippen molar-refractivity contribution in [1.82, 2.24) is 15.3 Å². The number of benzene rings is 2. The summed E-state index contributed by atoms with van der Waals surface area (Å²) in [4.78, 5) is 34.3. The largest absolute Gasteiger partial charge is 0.340 e. The van der Waals surface area contributed by atoms with Gasteiger partial charge < -0.3 is 10.6 Å². The summed E-state index contributed by atoms with van der Waals surface area (Å²) in [5, 5.41) is 6.36. The molecule has 166 valence electrons. The van der Waals surface area contributed by atoms with Crippen molar-refractivity contribution >= 4 is 40.7 Å². The first kappa shape index (κ1) is 23.7. The number of hydrogen-bond acceptors (Lipinski definition) is 4. The number of anilines is 1. The van der Waals surface area contributed by atoms with Gasteiger partial charge in [-0.25, -0.2) is 9.97 Å². The van der Waals surface area contributed by atoms with Crippen LogP contribution in [0.15, 0.2) is 54.7 Å². The summed E-state index contributed by atoms with van der Waals surface area (Å²) in [7, 11) is 0. The fourth-order valence-electron chi connectivity index (χ4n) is 3.22. The Hall–Kier alpha value is -2.96. The minimum atomic E-state index is -0.737. The summed E-state index contributed by atoms with van der Waals surface area (Å²) in [6.07, 6.45) is 2.16. The number of aryl methyl sites for hydroxylation is 1. The monoisotopic (exact) mass is 470 g/mol. The molecule has 6 nitrogen and oxygen atoms in total. The minimum Gasteiger partial charge on any atom is -0.340 e. The van der Waals surface area contributed by atoms with Crippen LogP contribution in [0, 0.1) is 12.8 Å². The van der Waals surface area contributed by atoms with Crippen LogP contribution in [0.3, 0.4) is 0 Å². The molecule has 32 heavy (non-hydrogen) atoms. The lowest BCUT2D eigenvalue weighted by Crippen LogP contribution is -2.44. The van der Waals surface area contributed by atoms with E-state index in [4.69, 9.17) is 23.2 Å². The molecule has 0 saturated heterocycles. The Bertz CT molecular complexity index is 1130. The van der Waals surface area contributed by atoms with Crippen molar-refractivity contribution < 1.29 is 9.59 Å². The standard InChI is InChI=1S/C24H24Cl2N4O2/c1-14(2)11-22(30-23(31)19-8-7-17(25)13-20(19)26)24(32)29-18-6-4-5-16(12-18)21-9-10-27-15(3)28-21/h4-10,12-14,22H,11H2,1-3H3,(H,29,32)(H,30,31). The molecule has 1 aromatic heterocycles. The van der Waals surface area contributed by atoms with Gasteiger partial charge in [0, 0.05) is 22.5 Å². The molecule has 0 bridgehead atoms. The highest BCUT2D eigenvalue weighted by molar-refractivity contribution is 6.36. The molecule has 8 heteroatoms. The average Bonchev–Trinajstić information content (AvgIpc) is 2.73. The molecule has 0 fully saturated rings. The van der Waals surface area contributed by atoms with Crippen molar-refractivity contribution in [3.05, 3.63) is 76.2 Å². The number of hydrogen-bond donors (Lipinski definition) is 2. The fourth-order valence-corrected chi connectivity index (χ4v) is 3.71. The van der Waals surface area contributed by atoms with E-state index in [0.29, 0.717) is 23.0 Å². The van der Waals surface area contributed by atoms with E-state index in [2.05, 4.69) is 20.6 Å². The third-order valence-corrected chi connectivity index (χ3v) is 5.25. The molecule has 0 saturated carbocycles. The van der Waals surface area contributed by atoms with Gasteiger partial charge in [0.25, 0.3) is 5.91 Å². The van der Waals surface area contributed by atoms with Gasteiger partial charge in [-0.1, -0.05) is 49.2 Å². The minimum absolute atomic E-state index is 0.182. The van der Waals surface area contributed by atoms with Crippen LogP contribution >= 0.6 is 23.2 Å². The first-order valence-corrected chi connectivity index (χ1v) is 11.0. The van der Waals surface area contributed by atoms with Gasteiger partial charge >= 0.3 is 0 Å². The van der Waals surface area contributed by atoms with E-state index in [1.165, 1.54) is 12.1 Å². The van der Waals surface area contributed by atoms with Crippen LogP contribution in [0.5, 0.6) is 0 Å². The molecule has 3 aromatic rings. The number of amides is 2. The molecule has 1 atom stereocenters. The van der Waals surface area contributed by atoms with Crippen LogP contribution in [-0.2, 0) is 4.79 Å². The van der Waals surface area contributed by atoms with Gasteiger partial charge in [0.15, 0.2) is 0 Å². The number of aromatic nitrogens is 2. The number of nitrogens with zero attached hydrogens (tertiary/aromatic N) is 2. The van der Waals surface area contributed by atoms with Crippen LogP contribution in [0.1, 0.15) is 36.5 Å². The second-order valence-corrected chi connectivity index (χ2v) is 8.68. The predicted molar refractivity (Wildman–Crippen MR) is 128 cm³/mol. The van der Waals surface area contributed by atoms with Crippen LogP contribution < -0.4 is 10.6 Å². The Kier molecular flexibility index (Phi) is 7.83. The van der Waals surface area contributed by atoms with Crippen molar-refractivity contribution in [3.8, 4) is 11.3 Å². The van der Waals surface area contributed by atoms with Crippen molar-refractivity contribution in [3.63, 3.8) is 0 Å². The van der Waals surface area contributed by atoms with Crippen molar-refractivity contribution in [2.75, 3.05) is 5.32 Å². The molecule has 0 aliphatic heterocycles. The van der Waals surface area contributed by atoms with Gasteiger partial charge in [-0.15, -0.1) is 0 Å². The average molecular weight is 471 g/mol. The van der Waals surface area contributed by atoms with Crippen LogP contribution in [-0.4, -0.2) is 27.8 Å². The maximum absolute atomic E-state index is 13.1. The van der Waals surface area contributed by atoms with Crippen molar-refractivity contribution in [2.24, 2.45) is 5.92 Å². The van der Waals surface area contributed by atoms with Crippen LogP contribution in [0.2, 0.25) is 10.0 Å². The Morgan fingerprint density at radius 1 is 1.06 bits per heavy atom. The molecule has 3 rings (SSSR count). The third-order valence-electron chi connectivity index (χ3n) is 4.71. The lowest BCUT2D eigenvalue weighted by molar-refractivity contribution is -0.118. The SMILES string of the molecule is Cc1nccc(-c2cccc(NC(=O)C(CC(C)C)NC(=O)c3ccc(Cl)cc3Cl)c2)n1. The number of rotatable bonds is 7. The highest BCUT2D eigenvalue weighted by atomic mass is 35.5. The zero-order valence-corrected chi connectivity index (χ0v) is 19.5. The zero-order chi connectivity index (χ0) is 23.3. The second-order valence-electron chi connectivity index (χ2n) is 7.84. The summed E-state index contributed by atoms with van der Waals surface area (Å²) in [5.41, 5.74) is 2.48. The molecule has 2 aromatic carbocycles.